The minimum Gasteiger partial charge on any atom is -0.323 e. The number of nitrogens with one attached hydrogen (secondary N) is 1. The first-order valence-corrected chi connectivity index (χ1v) is 9.31. The Balaban J connectivity index is 1.74. The molecule has 3 nitrogen and oxygen atoms in total. The molecule has 0 saturated heterocycles. The molecule has 124 valence electrons. The average molecular weight is 364 g/mol. The molecule has 0 saturated carbocycles. The summed E-state index contributed by atoms with van der Waals surface area (Å²) in [5, 5.41) is 0.700. The monoisotopic (exact) mass is 364 g/mol. The van der Waals surface area contributed by atoms with E-state index in [9.17, 15) is 4.79 Å². The highest BCUT2D eigenvalue weighted by Gasteiger charge is 2.11. The van der Waals surface area contributed by atoms with Crippen LogP contribution in [0.25, 0.3) is 20.7 Å². The van der Waals surface area contributed by atoms with Gasteiger partial charge in [-0.3, -0.25) is 9.36 Å². The van der Waals surface area contributed by atoms with Crippen molar-refractivity contribution in [3.63, 3.8) is 0 Å². The lowest BCUT2D eigenvalue weighted by Crippen LogP contribution is -2.22. The van der Waals surface area contributed by atoms with Crippen LogP contribution in [0.3, 0.4) is 0 Å². The van der Waals surface area contributed by atoms with Crippen LogP contribution in [0.1, 0.15) is 5.56 Å². The van der Waals surface area contributed by atoms with Gasteiger partial charge in [0.05, 0.1) is 5.39 Å². The molecule has 0 unspecified atom stereocenters. The molecule has 0 radical (unpaired) electrons. The summed E-state index contributed by atoms with van der Waals surface area (Å²) in [6, 6.07) is 22.2. The molecule has 0 aliphatic carbocycles. The van der Waals surface area contributed by atoms with Gasteiger partial charge in [-0.05, 0) is 35.8 Å². The highest BCUT2D eigenvalue weighted by molar-refractivity contribution is 7.71. The van der Waals surface area contributed by atoms with E-state index >= 15 is 0 Å². The van der Waals surface area contributed by atoms with Crippen molar-refractivity contribution in [1.29, 1.82) is 0 Å². The van der Waals surface area contributed by atoms with Crippen molar-refractivity contribution < 1.29 is 0 Å². The Morgan fingerprint density at radius 3 is 2.40 bits per heavy atom. The second kappa shape index (κ2) is 6.78. The lowest BCUT2D eigenvalue weighted by atomic mass is 10.1. The van der Waals surface area contributed by atoms with Crippen LogP contribution in [0, 0.1) is 4.77 Å². The Morgan fingerprint density at radius 1 is 1.00 bits per heavy atom. The van der Waals surface area contributed by atoms with Crippen molar-refractivity contribution >= 4 is 33.8 Å². The second-order valence-electron chi connectivity index (χ2n) is 5.84. The summed E-state index contributed by atoms with van der Waals surface area (Å²) in [6.45, 7) is 0.574. The van der Waals surface area contributed by atoms with Gasteiger partial charge < -0.3 is 4.98 Å². The number of aromatic nitrogens is 2. The maximum Gasteiger partial charge on any atom is 0.263 e. The molecular weight excluding hydrogens is 348 g/mol. The number of thiophene rings is 1. The molecular formula is C20H16N2OS2. The molecule has 4 aromatic rings. The van der Waals surface area contributed by atoms with Crippen LogP contribution in [-0.4, -0.2) is 9.55 Å². The van der Waals surface area contributed by atoms with Crippen molar-refractivity contribution in [2.24, 2.45) is 0 Å². The van der Waals surface area contributed by atoms with Gasteiger partial charge in [-0.25, -0.2) is 0 Å². The number of fused-ring (bicyclic) bond motifs is 1. The SMILES string of the molecule is O=c1c2cc(-c3ccccc3)sc2[nH]c(=S)n1CCc1ccccc1. The fourth-order valence-corrected chi connectivity index (χ4v) is 4.27. The van der Waals surface area contributed by atoms with E-state index in [1.807, 2.05) is 54.6 Å². The van der Waals surface area contributed by atoms with Crippen molar-refractivity contribution in [2.75, 3.05) is 0 Å². The molecule has 0 atom stereocenters. The molecule has 1 N–H and O–H groups in total. The van der Waals surface area contributed by atoms with Gasteiger partial charge in [-0.2, -0.15) is 0 Å². The summed E-state index contributed by atoms with van der Waals surface area (Å²) >= 11 is 6.99. The molecule has 2 aromatic carbocycles. The Labute approximate surface area is 154 Å². The zero-order valence-electron chi connectivity index (χ0n) is 13.4. The molecule has 0 amide bonds. The van der Waals surface area contributed by atoms with E-state index in [4.69, 9.17) is 12.2 Å². The van der Waals surface area contributed by atoms with Gasteiger partial charge in [-0.1, -0.05) is 60.7 Å². The zero-order valence-corrected chi connectivity index (χ0v) is 15.1. The van der Waals surface area contributed by atoms with Crippen LogP contribution in [0.4, 0.5) is 0 Å². The number of aromatic amines is 1. The highest BCUT2D eigenvalue weighted by atomic mass is 32.1. The van der Waals surface area contributed by atoms with Crippen LogP contribution in [0.15, 0.2) is 71.5 Å². The van der Waals surface area contributed by atoms with Gasteiger partial charge in [0.15, 0.2) is 4.77 Å². The lowest BCUT2D eigenvalue weighted by Gasteiger charge is -2.06. The molecule has 0 aliphatic heterocycles. The molecule has 0 bridgehead atoms. The number of H-pyrrole nitrogens is 1. The van der Waals surface area contributed by atoms with Gasteiger partial charge >= 0.3 is 0 Å². The maximum atomic E-state index is 12.9. The number of nitrogens with zero attached hydrogens (tertiary/aromatic N) is 1. The van der Waals surface area contributed by atoms with Crippen molar-refractivity contribution in [3.8, 4) is 10.4 Å². The summed E-state index contributed by atoms with van der Waals surface area (Å²) in [4.78, 5) is 18.0. The van der Waals surface area contributed by atoms with Gasteiger partial charge in [0.25, 0.3) is 5.56 Å². The van der Waals surface area contributed by atoms with Gasteiger partial charge in [0.2, 0.25) is 0 Å². The standard InChI is InChI=1S/C20H16N2OS2/c23-19-16-13-17(15-9-5-2-6-10-15)25-18(16)21-20(24)22(19)12-11-14-7-3-1-4-8-14/h1-10,13H,11-12H2,(H,21,24). The van der Waals surface area contributed by atoms with Crippen molar-refractivity contribution in [2.45, 2.75) is 13.0 Å². The molecule has 0 spiro atoms. The van der Waals surface area contributed by atoms with E-state index in [1.54, 1.807) is 15.9 Å². The van der Waals surface area contributed by atoms with Crippen LogP contribution in [-0.2, 0) is 13.0 Å². The molecule has 2 heterocycles. The first-order chi connectivity index (χ1) is 12.2. The molecule has 0 aliphatic rings. The molecule has 4 rings (SSSR count). The predicted molar refractivity (Wildman–Crippen MR) is 107 cm³/mol. The van der Waals surface area contributed by atoms with Gasteiger partial charge in [0.1, 0.15) is 4.83 Å². The van der Waals surface area contributed by atoms with Crippen LogP contribution >= 0.6 is 23.6 Å². The summed E-state index contributed by atoms with van der Waals surface area (Å²) in [5.41, 5.74) is 2.28. The smallest absolute Gasteiger partial charge is 0.263 e. The lowest BCUT2D eigenvalue weighted by molar-refractivity contribution is 0.653. The maximum absolute atomic E-state index is 12.9. The minimum absolute atomic E-state index is 0.0203. The summed E-state index contributed by atoms with van der Waals surface area (Å²) in [6.07, 6.45) is 0.777. The summed E-state index contributed by atoms with van der Waals surface area (Å²) in [5.74, 6) is 0. The fraction of sp³-hybridized carbons (Fsp3) is 0.100. The van der Waals surface area contributed by atoms with E-state index in [0.29, 0.717) is 16.7 Å². The van der Waals surface area contributed by atoms with E-state index in [-0.39, 0.29) is 5.56 Å². The normalized spacial score (nSPS) is 11.0. The van der Waals surface area contributed by atoms with Crippen molar-refractivity contribution in [1.82, 2.24) is 9.55 Å². The summed E-state index contributed by atoms with van der Waals surface area (Å²) < 4.78 is 2.14. The Morgan fingerprint density at radius 2 is 1.68 bits per heavy atom. The first-order valence-electron chi connectivity index (χ1n) is 8.08. The molecule has 0 fully saturated rings. The zero-order chi connectivity index (χ0) is 17.2. The topological polar surface area (TPSA) is 37.8 Å². The first kappa shape index (κ1) is 16.0. The second-order valence-corrected chi connectivity index (χ2v) is 7.28. The van der Waals surface area contributed by atoms with E-state index < -0.39 is 0 Å². The number of hydrogen-bond acceptors (Lipinski definition) is 3. The largest absolute Gasteiger partial charge is 0.323 e. The van der Waals surface area contributed by atoms with E-state index in [2.05, 4.69) is 17.1 Å². The minimum atomic E-state index is -0.0203. The molecule has 25 heavy (non-hydrogen) atoms. The Bertz CT molecular complexity index is 1130. The third-order valence-electron chi connectivity index (χ3n) is 4.20. The predicted octanol–water partition coefficient (Wildman–Crippen LogP) is 5.03. The average Bonchev–Trinajstić information content (AvgIpc) is 3.07. The van der Waals surface area contributed by atoms with E-state index in [0.717, 1.165) is 21.7 Å². The summed E-state index contributed by atoms with van der Waals surface area (Å²) in [7, 11) is 0. The number of aryl methyl sites for hydroxylation is 1. The van der Waals surface area contributed by atoms with Crippen molar-refractivity contribution in [3.05, 3.63) is 87.4 Å². The van der Waals surface area contributed by atoms with Crippen LogP contribution in [0.2, 0.25) is 0 Å². The van der Waals surface area contributed by atoms with Gasteiger partial charge in [-0.15, -0.1) is 11.3 Å². The Kier molecular flexibility index (Phi) is 4.34. The fourth-order valence-electron chi connectivity index (χ4n) is 2.88. The number of hydrogen-bond donors (Lipinski definition) is 1. The third kappa shape index (κ3) is 3.21. The molecule has 2 aromatic heterocycles. The number of benzene rings is 2. The van der Waals surface area contributed by atoms with Crippen LogP contribution < -0.4 is 5.56 Å². The molecule has 5 heteroatoms. The third-order valence-corrected chi connectivity index (χ3v) is 5.62. The van der Waals surface area contributed by atoms with E-state index in [1.165, 1.54) is 5.56 Å². The quantitative estimate of drug-likeness (QED) is 0.516. The Hall–Kier alpha value is -2.50. The van der Waals surface area contributed by atoms with Crippen LogP contribution in [0.5, 0.6) is 0 Å². The highest BCUT2D eigenvalue weighted by Crippen LogP contribution is 2.30. The van der Waals surface area contributed by atoms with Gasteiger partial charge in [0, 0.05) is 11.4 Å². The number of rotatable bonds is 4.